The van der Waals surface area contributed by atoms with Gasteiger partial charge in [0.15, 0.2) is 11.5 Å². The highest BCUT2D eigenvalue weighted by molar-refractivity contribution is 6.74. The van der Waals surface area contributed by atoms with Gasteiger partial charge in [-0.25, -0.2) is 18.2 Å². The average molecular weight is 570 g/mol. The zero-order valence-corrected chi connectivity index (χ0v) is 24.2. The Kier molecular flexibility index (Phi) is 7.36. The fourth-order valence-corrected chi connectivity index (χ4v) is 5.17. The number of nitrogens with one attached hydrogen (secondary N) is 1. The van der Waals surface area contributed by atoms with Crippen LogP contribution >= 0.6 is 0 Å². The second-order valence-corrected chi connectivity index (χ2v) is 15.8. The standard InChI is InChI=1S/C29H33F2N3O5Si/c1-29(2,3)40(4,5)39-19-16-20(30)26(21(31)17-19)27-28(32-18-9-10-22-23(15-18)37-14-13-36-22)34-24(33-27)7-6-8-25(34)38-12-11-35/h6-10,15-17,32,35H,11-14H2,1-5H3. The number of hydrogen-bond acceptors (Lipinski definition) is 7. The molecule has 40 heavy (non-hydrogen) atoms. The highest BCUT2D eigenvalue weighted by Gasteiger charge is 2.39. The molecular formula is C29H33F2N3O5Si. The molecule has 0 atom stereocenters. The number of aliphatic hydroxyl groups is 1. The number of rotatable bonds is 8. The molecule has 8 nitrogen and oxygen atoms in total. The molecule has 0 spiro atoms. The maximum absolute atomic E-state index is 15.8. The molecule has 0 unspecified atom stereocenters. The summed E-state index contributed by atoms with van der Waals surface area (Å²) in [5, 5.41) is 12.4. The summed E-state index contributed by atoms with van der Waals surface area (Å²) in [4.78, 5) is 4.59. The summed E-state index contributed by atoms with van der Waals surface area (Å²) < 4.78 is 56.4. The lowest BCUT2D eigenvalue weighted by Gasteiger charge is -2.36. The molecule has 0 bridgehead atoms. The zero-order valence-electron chi connectivity index (χ0n) is 23.2. The van der Waals surface area contributed by atoms with E-state index in [1.54, 1.807) is 40.8 Å². The van der Waals surface area contributed by atoms with E-state index in [-0.39, 0.29) is 41.1 Å². The van der Waals surface area contributed by atoms with E-state index in [1.807, 2.05) is 13.1 Å². The topological polar surface area (TPSA) is 86.5 Å². The van der Waals surface area contributed by atoms with E-state index in [0.29, 0.717) is 41.9 Å². The molecule has 0 saturated carbocycles. The molecule has 3 heterocycles. The monoisotopic (exact) mass is 569 g/mol. The van der Waals surface area contributed by atoms with E-state index in [9.17, 15) is 5.11 Å². The van der Waals surface area contributed by atoms with Gasteiger partial charge < -0.3 is 29.1 Å². The number of hydrogen-bond donors (Lipinski definition) is 2. The molecule has 0 fully saturated rings. The van der Waals surface area contributed by atoms with Crippen LogP contribution in [0.1, 0.15) is 20.8 Å². The Bertz CT molecular complexity index is 1530. The molecule has 11 heteroatoms. The van der Waals surface area contributed by atoms with Crippen molar-refractivity contribution in [2.24, 2.45) is 0 Å². The smallest absolute Gasteiger partial charge is 0.250 e. The van der Waals surface area contributed by atoms with Crippen molar-refractivity contribution in [1.29, 1.82) is 0 Å². The Morgan fingerprint density at radius 1 is 1.02 bits per heavy atom. The fourth-order valence-electron chi connectivity index (χ4n) is 4.16. The molecule has 0 saturated heterocycles. The number of benzene rings is 2. The van der Waals surface area contributed by atoms with Gasteiger partial charge in [0.1, 0.15) is 54.4 Å². The Morgan fingerprint density at radius 3 is 2.40 bits per heavy atom. The second kappa shape index (κ2) is 10.6. The quantitative estimate of drug-likeness (QED) is 0.233. The first-order chi connectivity index (χ1) is 19.0. The molecule has 2 N–H and O–H groups in total. The molecule has 0 amide bonds. The zero-order chi connectivity index (χ0) is 28.7. The van der Waals surface area contributed by atoms with Gasteiger partial charge in [0.05, 0.1) is 12.2 Å². The molecule has 0 aliphatic carbocycles. The minimum atomic E-state index is -2.33. The van der Waals surface area contributed by atoms with Gasteiger partial charge in [-0.1, -0.05) is 26.8 Å². The number of fused-ring (bicyclic) bond motifs is 2. The van der Waals surface area contributed by atoms with Crippen LogP contribution in [0.25, 0.3) is 16.9 Å². The van der Waals surface area contributed by atoms with E-state index in [1.165, 1.54) is 12.1 Å². The molecule has 1 aliphatic rings. The third kappa shape index (κ3) is 5.31. The summed E-state index contributed by atoms with van der Waals surface area (Å²) in [6.45, 7) is 10.9. The van der Waals surface area contributed by atoms with Crippen molar-refractivity contribution in [2.45, 2.75) is 38.9 Å². The number of aliphatic hydroxyl groups excluding tert-OH is 1. The van der Waals surface area contributed by atoms with Gasteiger partial charge in [0.25, 0.3) is 0 Å². The van der Waals surface area contributed by atoms with Crippen LogP contribution in [-0.2, 0) is 0 Å². The molecule has 212 valence electrons. The molecule has 1 aliphatic heterocycles. The van der Waals surface area contributed by atoms with Crippen molar-refractivity contribution in [3.05, 3.63) is 60.2 Å². The Hall–Kier alpha value is -3.83. The predicted octanol–water partition coefficient (Wildman–Crippen LogP) is 6.55. The number of anilines is 2. The number of nitrogens with zero attached hydrogens (tertiary/aromatic N) is 2. The van der Waals surface area contributed by atoms with E-state index >= 15 is 8.78 Å². The van der Waals surface area contributed by atoms with Gasteiger partial charge in [0, 0.05) is 23.9 Å². The molecular weight excluding hydrogens is 536 g/mol. The minimum Gasteiger partial charge on any atom is -0.543 e. The van der Waals surface area contributed by atoms with Crippen LogP contribution in [0, 0.1) is 11.6 Å². The van der Waals surface area contributed by atoms with Crippen LogP contribution in [0.3, 0.4) is 0 Å². The maximum Gasteiger partial charge on any atom is 0.250 e. The largest absolute Gasteiger partial charge is 0.543 e. The first kappa shape index (κ1) is 27.7. The predicted molar refractivity (Wildman–Crippen MR) is 152 cm³/mol. The minimum absolute atomic E-state index is 0.0261. The van der Waals surface area contributed by atoms with Crippen LogP contribution < -0.4 is 24.0 Å². The summed E-state index contributed by atoms with van der Waals surface area (Å²) in [7, 11) is -2.33. The summed E-state index contributed by atoms with van der Waals surface area (Å²) >= 11 is 0. The first-order valence-corrected chi connectivity index (χ1v) is 16.0. The van der Waals surface area contributed by atoms with Gasteiger partial charge in [-0.2, -0.15) is 0 Å². The van der Waals surface area contributed by atoms with Crippen LogP contribution in [0.15, 0.2) is 48.5 Å². The van der Waals surface area contributed by atoms with Gasteiger partial charge in [-0.05, 0) is 42.4 Å². The molecule has 4 aromatic rings. The number of halogens is 2. The van der Waals surface area contributed by atoms with Gasteiger partial charge >= 0.3 is 0 Å². The van der Waals surface area contributed by atoms with Crippen LogP contribution in [-0.4, -0.2) is 49.2 Å². The maximum atomic E-state index is 15.8. The van der Waals surface area contributed by atoms with Gasteiger partial charge in [0.2, 0.25) is 14.2 Å². The molecule has 5 rings (SSSR count). The van der Waals surface area contributed by atoms with Crippen molar-refractivity contribution in [3.8, 4) is 34.4 Å². The van der Waals surface area contributed by atoms with Crippen LogP contribution in [0.2, 0.25) is 18.1 Å². The fraction of sp³-hybridized carbons (Fsp3) is 0.345. The van der Waals surface area contributed by atoms with Crippen molar-refractivity contribution in [3.63, 3.8) is 0 Å². The normalized spacial score (nSPS) is 13.4. The molecule has 2 aromatic carbocycles. The van der Waals surface area contributed by atoms with E-state index in [4.69, 9.17) is 18.6 Å². The summed E-state index contributed by atoms with van der Waals surface area (Å²) in [6, 6.07) is 12.8. The third-order valence-electron chi connectivity index (χ3n) is 7.19. The van der Waals surface area contributed by atoms with Crippen molar-refractivity contribution in [1.82, 2.24) is 9.38 Å². The van der Waals surface area contributed by atoms with E-state index in [0.717, 1.165) is 0 Å². The molecule has 2 aromatic heterocycles. The van der Waals surface area contributed by atoms with Crippen LogP contribution in [0.4, 0.5) is 20.3 Å². The second-order valence-electron chi connectivity index (χ2n) is 11.0. The van der Waals surface area contributed by atoms with Crippen molar-refractivity contribution in [2.75, 3.05) is 31.7 Å². The number of ether oxygens (including phenoxy) is 3. The highest BCUT2D eigenvalue weighted by atomic mass is 28.4. The average Bonchev–Trinajstić information content (AvgIpc) is 3.24. The highest BCUT2D eigenvalue weighted by Crippen LogP contribution is 2.42. The SMILES string of the molecule is CC(C)(C)[Si](C)(C)Oc1cc(F)c(-c2nc3cccc(OCCO)n3c2Nc2ccc3c(c2)OCCO3)c(F)c1. The van der Waals surface area contributed by atoms with E-state index in [2.05, 4.69) is 31.1 Å². The van der Waals surface area contributed by atoms with E-state index < -0.39 is 20.0 Å². The Morgan fingerprint density at radius 2 is 1.73 bits per heavy atom. The number of aromatic nitrogens is 2. The van der Waals surface area contributed by atoms with Crippen molar-refractivity contribution < 1.29 is 32.5 Å². The Balaban J connectivity index is 1.64. The van der Waals surface area contributed by atoms with Gasteiger partial charge in [-0.3, -0.25) is 0 Å². The summed E-state index contributed by atoms with van der Waals surface area (Å²) in [5.41, 5.74) is 0.720. The lowest BCUT2D eigenvalue weighted by atomic mass is 10.1. The number of imidazole rings is 1. The van der Waals surface area contributed by atoms with Gasteiger partial charge in [-0.15, -0.1) is 0 Å². The summed E-state index contributed by atoms with van der Waals surface area (Å²) in [5.74, 6) is 0.298. The lowest BCUT2D eigenvalue weighted by molar-refractivity contribution is 0.171. The third-order valence-corrected chi connectivity index (χ3v) is 11.5. The molecule has 0 radical (unpaired) electrons. The summed E-state index contributed by atoms with van der Waals surface area (Å²) in [6.07, 6.45) is 0. The number of pyridine rings is 1. The first-order valence-electron chi connectivity index (χ1n) is 13.1. The Labute approximate surface area is 232 Å². The van der Waals surface area contributed by atoms with Crippen LogP contribution in [0.5, 0.6) is 23.1 Å². The lowest BCUT2D eigenvalue weighted by Crippen LogP contribution is -2.43. The van der Waals surface area contributed by atoms with Crippen molar-refractivity contribution >= 4 is 25.5 Å².